The minimum atomic E-state index is 0.146. The van der Waals surface area contributed by atoms with Crippen LogP contribution in [0, 0.1) is 13.8 Å². The number of benzene rings is 1. The largest absolute Gasteiger partial charge is 0.378 e. The van der Waals surface area contributed by atoms with Crippen LogP contribution in [0.2, 0.25) is 0 Å². The Bertz CT molecular complexity index is 842. The van der Waals surface area contributed by atoms with Gasteiger partial charge in [-0.2, -0.15) is 0 Å². The molecule has 1 amide bonds. The Labute approximate surface area is 179 Å². The lowest BCUT2D eigenvalue weighted by Crippen LogP contribution is -2.41. The molecule has 6 heteroatoms. The third-order valence-corrected chi connectivity index (χ3v) is 6.25. The van der Waals surface area contributed by atoms with Crippen LogP contribution in [0.4, 0.5) is 0 Å². The number of rotatable bonds is 5. The number of piperidine rings is 1. The molecule has 1 unspecified atom stereocenters. The van der Waals surface area contributed by atoms with Crippen LogP contribution in [0.25, 0.3) is 0 Å². The van der Waals surface area contributed by atoms with Gasteiger partial charge < -0.3 is 9.64 Å². The summed E-state index contributed by atoms with van der Waals surface area (Å²) < 4.78 is 5.35. The van der Waals surface area contributed by atoms with Gasteiger partial charge in [-0.15, -0.1) is 0 Å². The Balaban J connectivity index is 1.43. The van der Waals surface area contributed by atoms with Crippen LogP contribution in [0.1, 0.15) is 47.1 Å². The Morgan fingerprint density at radius 2 is 1.77 bits per heavy atom. The van der Waals surface area contributed by atoms with Crippen molar-refractivity contribution in [1.29, 1.82) is 0 Å². The number of carbonyl (C=O) groups excluding carboxylic acids is 1. The summed E-state index contributed by atoms with van der Waals surface area (Å²) in [6.07, 6.45) is 2.66. The quantitative estimate of drug-likeness (QED) is 0.761. The number of amides is 1. The van der Waals surface area contributed by atoms with Crippen LogP contribution in [0.5, 0.6) is 0 Å². The molecule has 2 aliphatic heterocycles. The van der Waals surface area contributed by atoms with Crippen LogP contribution in [0.3, 0.4) is 0 Å². The lowest BCUT2D eigenvalue weighted by molar-refractivity contribution is -0.134. The molecule has 30 heavy (non-hydrogen) atoms. The Kier molecular flexibility index (Phi) is 6.75. The van der Waals surface area contributed by atoms with Crippen molar-refractivity contribution in [2.24, 2.45) is 0 Å². The van der Waals surface area contributed by atoms with Gasteiger partial charge in [-0.1, -0.05) is 30.3 Å². The maximum absolute atomic E-state index is 12.7. The summed E-state index contributed by atoms with van der Waals surface area (Å²) in [5.41, 5.74) is 4.22. The van der Waals surface area contributed by atoms with E-state index in [4.69, 9.17) is 14.7 Å². The smallest absolute Gasteiger partial charge is 0.227 e. The van der Waals surface area contributed by atoms with Gasteiger partial charge in [0.25, 0.3) is 0 Å². The minimum absolute atomic E-state index is 0.146. The van der Waals surface area contributed by atoms with Gasteiger partial charge in [0.15, 0.2) is 0 Å². The van der Waals surface area contributed by atoms with Crippen molar-refractivity contribution < 1.29 is 9.53 Å². The fraction of sp³-hybridized carbons (Fsp3) is 0.542. The number of hydrogen-bond donors (Lipinski definition) is 0. The van der Waals surface area contributed by atoms with Gasteiger partial charge in [0, 0.05) is 49.0 Å². The Morgan fingerprint density at radius 3 is 2.47 bits per heavy atom. The highest BCUT2D eigenvalue weighted by Crippen LogP contribution is 2.27. The zero-order valence-electron chi connectivity index (χ0n) is 18.1. The van der Waals surface area contributed by atoms with Crippen LogP contribution >= 0.6 is 0 Å². The van der Waals surface area contributed by atoms with Crippen molar-refractivity contribution in [1.82, 2.24) is 19.8 Å². The first-order valence-corrected chi connectivity index (χ1v) is 11.1. The molecule has 0 aliphatic carbocycles. The van der Waals surface area contributed by atoms with Crippen LogP contribution < -0.4 is 0 Å². The van der Waals surface area contributed by atoms with Crippen molar-refractivity contribution in [3.8, 4) is 0 Å². The monoisotopic (exact) mass is 408 g/mol. The molecule has 2 aromatic rings. The number of nitrogens with zero attached hydrogens (tertiary/aromatic N) is 4. The number of hydrogen-bond acceptors (Lipinski definition) is 5. The fourth-order valence-electron chi connectivity index (χ4n) is 4.53. The molecule has 1 aromatic heterocycles. The highest BCUT2D eigenvalue weighted by molar-refractivity contribution is 5.79. The van der Waals surface area contributed by atoms with Crippen LogP contribution in [0.15, 0.2) is 30.3 Å². The van der Waals surface area contributed by atoms with Crippen LogP contribution in [-0.2, 0) is 22.5 Å². The maximum Gasteiger partial charge on any atom is 0.227 e. The number of carbonyl (C=O) groups is 1. The van der Waals surface area contributed by atoms with Gasteiger partial charge in [-0.05, 0) is 38.8 Å². The Hall–Kier alpha value is -2.31. The van der Waals surface area contributed by atoms with Crippen LogP contribution in [-0.4, -0.2) is 65.1 Å². The standard InChI is InChI=1S/C24H32N4O2/c1-18-22(15-23(29)28-11-13-30-14-12-28)19(2)26-24(25-18)21-9-6-10-27(17-21)16-20-7-4-3-5-8-20/h3-5,7-8,21H,6,9-17H2,1-2H3. The predicted molar refractivity (Wildman–Crippen MR) is 116 cm³/mol. The van der Waals surface area contributed by atoms with Crippen molar-refractivity contribution in [3.05, 3.63) is 58.7 Å². The molecule has 2 saturated heterocycles. The number of ether oxygens (including phenoxy) is 1. The summed E-state index contributed by atoms with van der Waals surface area (Å²) in [6, 6.07) is 10.6. The van der Waals surface area contributed by atoms with E-state index in [2.05, 4.69) is 35.2 Å². The molecule has 2 fully saturated rings. The highest BCUT2D eigenvalue weighted by Gasteiger charge is 2.26. The van der Waals surface area contributed by atoms with Crippen molar-refractivity contribution in [3.63, 3.8) is 0 Å². The first-order chi connectivity index (χ1) is 14.6. The van der Waals surface area contributed by atoms with E-state index in [-0.39, 0.29) is 5.91 Å². The maximum atomic E-state index is 12.7. The van der Waals surface area contributed by atoms with Gasteiger partial charge in [-0.3, -0.25) is 9.69 Å². The lowest BCUT2D eigenvalue weighted by atomic mass is 9.96. The second kappa shape index (κ2) is 9.67. The summed E-state index contributed by atoms with van der Waals surface area (Å²) in [7, 11) is 0. The average molecular weight is 409 g/mol. The zero-order chi connectivity index (χ0) is 20.9. The predicted octanol–water partition coefficient (Wildman–Crippen LogP) is 2.87. The molecule has 160 valence electrons. The lowest BCUT2D eigenvalue weighted by Gasteiger charge is -2.32. The van der Waals surface area contributed by atoms with E-state index in [0.29, 0.717) is 38.6 Å². The molecule has 1 atom stereocenters. The third kappa shape index (κ3) is 5.05. The number of likely N-dealkylation sites (tertiary alicyclic amines) is 1. The normalized spacial score (nSPS) is 20.3. The summed E-state index contributed by atoms with van der Waals surface area (Å²) in [4.78, 5) is 26.8. The first-order valence-electron chi connectivity index (χ1n) is 11.1. The molecule has 0 spiro atoms. The topological polar surface area (TPSA) is 58.6 Å². The van der Waals surface area contributed by atoms with E-state index in [0.717, 1.165) is 55.3 Å². The van der Waals surface area contributed by atoms with Crippen molar-refractivity contribution in [2.45, 2.75) is 45.6 Å². The van der Waals surface area contributed by atoms with E-state index < -0.39 is 0 Å². The number of morpholine rings is 1. The highest BCUT2D eigenvalue weighted by atomic mass is 16.5. The van der Waals surface area contributed by atoms with E-state index in [1.165, 1.54) is 5.56 Å². The summed E-state index contributed by atoms with van der Waals surface area (Å²) in [5.74, 6) is 1.43. The molecule has 0 N–H and O–H groups in total. The molecule has 1 aromatic carbocycles. The molecule has 4 rings (SSSR count). The number of aromatic nitrogens is 2. The van der Waals surface area contributed by atoms with Gasteiger partial charge in [-0.25, -0.2) is 9.97 Å². The average Bonchev–Trinajstić information content (AvgIpc) is 2.77. The van der Waals surface area contributed by atoms with Crippen molar-refractivity contribution in [2.75, 3.05) is 39.4 Å². The zero-order valence-corrected chi connectivity index (χ0v) is 18.1. The van der Waals surface area contributed by atoms with E-state index >= 15 is 0 Å². The molecule has 0 radical (unpaired) electrons. The first kappa shape index (κ1) is 20.9. The van der Waals surface area contributed by atoms with E-state index in [1.54, 1.807) is 0 Å². The number of aryl methyl sites for hydroxylation is 2. The van der Waals surface area contributed by atoms with Crippen molar-refractivity contribution >= 4 is 5.91 Å². The molecule has 6 nitrogen and oxygen atoms in total. The minimum Gasteiger partial charge on any atom is -0.378 e. The fourth-order valence-corrected chi connectivity index (χ4v) is 4.53. The molecule has 0 saturated carbocycles. The Morgan fingerprint density at radius 1 is 1.07 bits per heavy atom. The van der Waals surface area contributed by atoms with E-state index in [1.807, 2.05) is 18.7 Å². The third-order valence-electron chi connectivity index (χ3n) is 6.25. The molecular weight excluding hydrogens is 376 g/mol. The van der Waals surface area contributed by atoms with Gasteiger partial charge in [0.2, 0.25) is 5.91 Å². The SMILES string of the molecule is Cc1nc(C2CCCN(Cc3ccccc3)C2)nc(C)c1CC(=O)N1CCOCC1. The van der Waals surface area contributed by atoms with E-state index in [9.17, 15) is 4.79 Å². The summed E-state index contributed by atoms with van der Waals surface area (Å²) in [5, 5.41) is 0. The second-order valence-corrected chi connectivity index (χ2v) is 8.46. The van der Waals surface area contributed by atoms with Gasteiger partial charge in [0.05, 0.1) is 19.6 Å². The molecular formula is C24H32N4O2. The molecule has 3 heterocycles. The summed E-state index contributed by atoms with van der Waals surface area (Å²) >= 11 is 0. The van der Waals surface area contributed by atoms with Gasteiger partial charge in [0.1, 0.15) is 5.82 Å². The summed E-state index contributed by atoms with van der Waals surface area (Å²) in [6.45, 7) is 9.72. The molecule has 2 aliphatic rings. The second-order valence-electron chi connectivity index (χ2n) is 8.46. The molecule has 0 bridgehead atoms. The van der Waals surface area contributed by atoms with Gasteiger partial charge >= 0.3 is 0 Å².